The summed E-state index contributed by atoms with van der Waals surface area (Å²) in [4.78, 5) is 11.9. The molecule has 0 bridgehead atoms. The minimum absolute atomic E-state index is 0.309. The molecule has 1 heterocycles. The number of hydrogen-bond acceptors (Lipinski definition) is 3. The number of aromatic nitrogens is 2. The summed E-state index contributed by atoms with van der Waals surface area (Å²) in [6.07, 6.45) is 0.0525. The van der Waals surface area contributed by atoms with Gasteiger partial charge in [0.25, 0.3) is 5.91 Å². The van der Waals surface area contributed by atoms with Crippen LogP contribution in [0.3, 0.4) is 0 Å². The Hall–Kier alpha value is -2.37. The van der Waals surface area contributed by atoms with Gasteiger partial charge in [0, 0.05) is 17.8 Å². The van der Waals surface area contributed by atoms with Crippen LogP contribution in [0.25, 0.3) is 0 Å². The molecule has 2 N–H and O–H groups in total. The Labute approximate surface area is 116 Å². The number of halogens is 1. The van der Waals surface area contributed by atoms with Crippen LogP contribution < -0.4 is 10.1 Å². The summed E-state index contributed by atoms with van der Waals surface area (Å²) < 4.78 is 18.4. The highest BCUT2D eigenvalue weighted by molar-refractivity contribution is 5.93. The topological polar surface area (TPSA) is 67.0 Å². The van der Waals surface area contributed by atoms with Crippen molar-refractivity contribution in [3.8, 4) is 5.75 Å². The molecule has 20 heavy (non-hydrogen) atoms. The molecule has 6 heteroatoms. The second kappa shape index (κ2) is 6.18. The maximum atomic E-state index is 13.0. The van der Waals surface area contributed by atoms with E-state index in [1.54, 1.807) is 19.1 Å². The van der Waals surface area contributed by atoms with Crippen LogP contribution in [-0.2, 0) is 11.2 Å². The lowest BCUT2D eigenvalue weighted by Crippen LogP contribution is -2.30. The first-order chi connectivity index (χ1) is 9.58. The van der Waals surface area contributed by atoms with Gasteiger partial charge >= 0.3 is 0 Å². The predicted octanol–water partition coefficient (Wildman–Crippen LogP) is 2.52. The van der Waals surface area contributed by atoms with Crippen molar-refractivity contribution in [3.63, 3.8) is 0 Å². The van der Waals surface area contributed by atoms with Crippen molar-refractivity contribution >= 4 is 11.7 Å². The zero-order chi connectivity index (χ0) is 14.5. The Bertz CT molecular complexity index is 598. The zero-order valence-corrected chi connectivity index (χ0v) is 11.3. The number of anilines is 1. The van der Waals surface area contributed by atoms with E-state index in [1.807, 2.05) is 6.92 Å². The van der Waals surface area contributed by atoms with Gasteiger partial charge in [0.05, 0.1) is 0 Å². The fourth-order valence-corrected chi connectivity index (χ4v) is 1.63. The highest BCUT2D eigenvalue weighted by Crippen LogP contribution is 2.14. The first-order valence-corrected chi connectivity index (χ1v) is 6.36. The van der Waals surface area contributed by atoms with Gasteiger partial charge in [-0.1, -0.05) is 13.0 Å². The van der Waals surface area contributed by atoms with Gasteiger partial charge in [-0.25, -0.2) is 4.39 Å². The molecule has 0 aliphatic rings. The molecule has 1 aromatic heterocycles. The standard InChI is InChI=1S/C14H16FN3O2/c1-3-11-8-13(18-17-11)16-14(19)9(2)20-12-6-4-5-10(15)7-12/h4-9H,3H2,1-2H3,(H2,16,17,18,19). The number of nitrogens with one attached hydrogen (secondary N) is 2. The number of rotatable bonds is 5. The minimum atomic E-state index is -0.751. The molecule has 106 valence electrons. The van der Waals surface area contributed by atoms with Crippen LogP contribution in [0, 0.1) is 5.82 Å². The summed E-state index contributed by atoms with van der Waals surface area (Å²) in [5.74, 6) is 0.00359. The van der Waals surface area contributed by atoms with E-state index in [9.17, 15) is 9.18 Å². The first-order valence-electron chi connectivity index (χ1n) is 6.36. The molecule has 2 rings (SSSR count). The van der Waals surface area contributed by atoms with Gasteiger partial charge in [-0.3, -0.25) is 9.89 Å². The highest BCUT2D eigenvalue weighted by atomic mass is 19.1. The minimum Gasteiger partial charge on any atom is -0.481 e. The molecule has 0 fully saturated rings. The lowest BCUT2D eigenvalue weighted by molar-refractivity contribution is -0.122. The Balaban J connectivity index is 1.95. The maximum Gasteiger partial charge on any atom is 0.266 e. The summed E-state index contributed by atoms with van der Waals surface area (Å²) in [5, 5.41) is 9.39. The van der Waals surface area contributed by atoms with Gasteiger partial charge in [-0.2, -0.15) is 5.10 Å². The third-order valence-electron chi connectivity index (χ3n) is 2.74. The molecule has 0 radical (unpaired) electrons. The molecule has 1 aromatic carbocycles. The summed E-state index contributed by atoms with van der Waals surface area (Å²) in [7, 11) is 0. The van der Waals surface area contributed by atoms with Gasteiger partial charge in [-0.15, -0.1) is 0 Å². The van der Waals surface area contributed by atoms with E-state index in [-0.39, 0.29) is 5.91 Å². The van der Waals surface area contributed by atoms with E-state index < -0.39 is 11.9 Å². The Morgan fingerprint density at radius 1 is 1.50 bits per heavy atom. The summed E-state index contributed by atoms with van der Waals surface area (Å²) in [6, 6.07) is 7.42. The molecule has 2 aromatic rings. The third-order valence-corrected chi connectivity index (χ3v) is 2.74. The molecule has 1 amide bonds. The molecular formula is C14H16FN3O2. The van der Waals surface area contributed by atoms with Gasteiger partial charge in [0.2, 0.25) is 0 Å². The summed E-state index contributed by atoms with van der Waals surface area (Å²) in [5.41, 5.74) is 0.930. The van der Waals surface area contributed by atoms with E-state index in [0.29, 0.717) is 11.6 Å². The van der Waals surface area contributed by atoms with E-state index in [4.69, 9.17) is 4.74 Å². The third kappa shape index (κ3) is 3.57. The number of carbonyl (C=O) groups excluding carboxylic acids is 1. The average Bonchev–Trinajstić information content (AvgIpc) is 2.86. The number of hydrogen-bond donors (Lipinski definition) is 2. The van der Waals surface area contributed by atoms with Gasteiger partial charge in [0.15, 0.2) is 11.9 Å². The molecule has 0 saturated heterocycles. The molecular weight excluding hydrogens is 261 g/mol. The van der Waals surface area contributed by atoms with Crippen molar-refractivity contribution in [2.24, 2.45) is 0 Å². The van der Waals surface area contributed by atoms with E-state index in [1.165, 1.54) is 18.2 Å². The monoisotopic (exact) mass is 277 g/mol. The van der Waals surface area contributed by atoms with Crippen LogP contribution >= 0.6 is 0 Å². The average molecular weight is 277 g/mol. The Morgan fingerprint density at radius 2 is 2.30 bits per heavy atom. The molecule has 0 aliphatic carbocycles. The summed E-state index contributed by atoms with van der Waals surface area (Å²) in [6.45, 7) is 3.57. The normalized spacial score (nSPS) is 11.9. The number of benzene rings is 1. The fourth-order valence-electron chi connectivity index (χ4n) is 1.63. The van der Waals surface area contributed by atoms with E-state index in [2.05, 4.69) is 15.5 Å². The number of ether oxygens (including phenoxy) is 1. The second-order valence-corrected chi connectivity index (χ2v) is 4.34. The summed E-state index contributed by atoms with van der Waals surface area (Å²) >= 11 is 0. The maximum absolute atomic E-state index is 13.0. The van der Waals surface area contributed by atoms with Crippen molar-refractivity contribution in [3.05, 3.63) is 41.8 Å². The van der Waals surface area contributed by atoms with Crippen molar-refractivity contribution in [2.75, 3.05) is 5.32 Å². The van der Waals surface area contributed by atoms with Gasteiger partial charge in [0.1, 0.15) is 11.6 Å². The molecule has 5 nitrogen and oxygen atoms in total. The number of aryl methyl sites for hydroxylation is 1. The zero-order valence-electron chi connectivity index (χ0n) is 11.3. The smallest absolute Gasteiger partial charge is 0.266 e. The van der Waals surface area contributed by atoms with Crippen molar-refractivity contribution in [1.29, 1.82) is 0 Å². The van der Waals surface area contributed by atoms with E-state index >= 15 is 0 Å². The van der Waals surface area contributed by atoms with Crippen molar-refractivity contribution in [1.82, 2.24) is 10.2 Å². The van der Waals surface area contributed by atoms with Gasteiger partial charge in [-0.05, 0) is 25.5 Å². The number of carbonyl (C=O) groups is 1. The number of aromatic amines is 1. The fraction of sp³-hybridized carbons (Fsp3) is 0.286. The van der Waals surface area contributed by atoms with Crippen LogP contribution in [0.4, 0.5) is 10.2 Å². The van der Waals surface area contributed by atoms with Crippen LogP contribution in [0.5, 0.6) is 5.75 Å². The lowest BCUT2D eigenvalue weighted by atomic mass is 10.3. The number of H-pyrrole nitrogens is 1. The Morgan fingerprint density at radius 3 is 2.95 bits per heavy atom. The molecule has 0 spiro atoms. The van der Waals surface area contributed by atoms with E-state index in [0.717, 1.165) is 12.1 Å². The van der Waals surface area contributed by atoms with Crippen molar-refractivity contribution in [2.45, 2.75) is 26.4 Å². The highest BCUT2D eigenvalue weighted by Gasteiger charge is 2.16. The van der Waals surface area contributed by atoms with Crippen LogP contribution in [-0.4, -0.2) is 22.2 Å². The van der Waals surface area contributed by atoms with Crippen molar-refractivity contribution < 1.29 is 13.9 Å². The largest absolute Gasteiger partial charge is 0.481 e. The SMILES string of the molecule is CCc1cc(NC(=O)C(C)Oc2cccc(F)c2)n[nH]1. The van der Waals surface area contributed by atoms with Gasteiger partial charge < -0.3 is 10.1 Å². The van der Waals surface area contributed by atoms with Crippen LogP contribution in [0.15, 0.2) is 30.3 Å². The molecule has 1 unspecified atom stereocenters. The lowest BCUT2D eigenvalue weighted by Gasteiger charge is -2.13. The molecule has 0 saturated carbocycles. The predicted molar refractivity (Wildman–Crippen MR) is 73.1 cm³/mol. The number of amides is 1. The molecule has 1 atom stereocenters. The van der Waals surface area contributed by atoms with Crippen LogP contribution in [0.2, 0.25) is 0 Å². The van der Waals surface area contributed by atoms with Crippen LogP contribution in [0.1, 0.15) is 19.5 Å². The first kappa shape index (κ1) is 14.0. The Kier molecular flexibility index (Phi) is 4.34. The second-order valence-electron chi connectivity index (χ2n) is 4.34. The quantitative estimate of drug-likeness (QED) is 0.882. The molecule has 0 aliphatic heterocycles. The number of nitrogens with zero attached hydrogens (tertiary/aromatic N) is 1.